The Balaban J connectivity index is 3.43. The Kier molecular flexibility index (Phi) is 3.67. The Hall–Kier alpha value is -1.83. The number of nitro groups is 1. The lowest BCUT2D eigenvalue weighted by Crippen LogP contribution is -2.05. The maximum absolute atomic E-state index is 12.4. The first-order valence-corrected chi connectivity index (χ1v) is 4.12. The third kappa shape index (κ3) is 2.22. The second-order valence-corrected chi connectivity index (χ2v) is 2.76. The fourth-order valence-electron chi connectivity index (χ4n) is 1.16. The fraction of sp³-hybridized carbons (Fsp3) is 0.375. The average Bonchev–Trinajstić information content (AvgIpc) is 2.26. The predicted molar refractivity (Wildman–Crippen MR) is 48.3 cm³/mol. The minimum Gasteiger partial charge on any atom is -0.490 e. The van der Waals surface area contributed by atoms with Gasteiger partial charge in [0.15, 0.2) is 0 Å². The van der Waals surface area contributed by atoms with Crippen LogP contribution in [-0.2, 0) is 6.61 Å². The van der Waals surface area contributed by atoms with E-state index in [2.05, 4.69) is 9.72 Å². The molecule has 0 saturated carbocycles. The number of alkyl halides is 2. The van der Waals surface area contributed by atoms with Gasteiger partial charge in [0.2, 0.25) is 5.75 Å². The van der Waals surface area contributed by atoms with E-state index >= 15 is 0 Å². The van der Waals surface area contributed by atoms with E-state index < -0.39 is 35.0 Å². The van der Waals surface area contributed by atoms with E-state index in [1.165, 1.54) is 0 Å². The van der Waals surface area contributed by atoms with Crippen molar-refractivity contribution in [3.8, 4) is 5.75 Å². The van der Waals surface area contributed by atoms with Crippen molar-refractivity contribution in [2.75, 3.05) is 7.11 Å². The molecule has 88 valence electrons. The summed E-state index contributed by atoms with van der Waals surface area (Å²) in [6.07, 6.45) is -2.89. The molecule has 0 unspecified atom stereocenters. The van der Waals surface area contributed by atoms with Crippen molar-refractivity contribution in [2.24, 2.45) is 0 Å². The number of aromatic nitrogens is 1. The van der Waals surface area contributed by atoms with Gasteiger partial charge in [0.25, 0.3) is 6.43 Å². The van der Waals surface area contributed by atoms with E-state index in [-0.39, 0.29) is 5.75 Å². The van der Waals surface area contributed by atoms with Gasteiger partial charge in [-0.05, 0) is 0 Å². The summed E-state index contributed by atoms with van der Waals surface area (Å²) >= 11 is 0. The molecule has 0 fully saturated rings. The monoisotopic (exact) mass is 234 g/mol. The maximum atomic E-state index is 12.4. The molecule has 0 aliphatic rings. The quantitative estimate of drug-likeness (QED) is 0.629. The smallest absolute Gasteiger partial charge is 0.334 e. The molecule has 0 spiro atoms. The maximum Gasteiger partial charge on any atom is 0.334 e. The Morgan fingerprint density at radius 2 is 2.31 bits per heavy atom. The molecule has 1 heterocycles. The zero-order valence-corrected chi connectivity index (χ0v) is 8.18. The minimum atomic E-state index is -2.89. The van der Waals surface area contributed by atoms with E-state index in [0.717, 1.165) is 13.2 Å². The summed E-state index contributed by atoms with van der Waals surface area (Å²) < 4.78 is 29.3. The molecule has 8 heteroatoms. The van der Waals surface area contributed by atoms with Crippen LogP contribution in [0.25, 0.3) is 0 Å². The molecule has 0 radical (unpaired) electrons. The molecule has 0 amide bonds. The van der Waals surface area contributed by atoms with Gasteiger partial charge >= 0.3 is 5.69 Å². The molecule has 0 bridgehead atoms. The predicted octanol–water partition coefficient (Wildman–Crippen LogP) is 1.43. The number of aliphatic hydroxyl groups excluding tert-OH is 1. The zero-order chi connectivity index (χ0) is 12.3. The van der Waals surface area contributed by atoms with Crippen molar-refractivity contribution in [3.63, 3.8) is 0 Å². The first-order chi connectivity index (χ1) is 7.51. The first kappa shape index (κ1) is 12.2. The van der Waals surface area contributed by atoms with Gasteiger partial charge in [-0.1, -0.05) is 0 Å². The number of pyridine rings is 1. The number of methoxy groups -OCH3 is 1. The van der Waals surface area contributed by atoms with Crippen molar-refractivity contribution >= 4 is 5.69 Å². The van der Waals surface area contributed by atoms with Crippen LogP contribution < -0.4 is 4.74 Å². The molecule has 1 aromatic rings. The lowest BCUT2D eigenvalue weighted by Gasteiger charge is -2.07. The van der Waals surface area contributed by atoms with Crippen LogP contribution in [0.5, 0.6) is 5.75 Å². The van der Waals surface area contributed by atoms with Gasteiger partial charge in [-0.2, -0.15) is 0 Å². The van der Waals surface area contributed by atoms with Gasteiger partial charge in [-0.25, -0.2) is 13.8 Å². The Morgan fingerprint density at radius 1 is 1.69 bits per heavy atom. The van der Waals surface area contributed by atoms with E-state index in [1.54, 1.807) is 0 Å². The van der Waals surface area contributed by atoms with E-state index in [0.29, 0.717) is 0 Å². The summed E-state index contributed by atoms with van der Waals surface area (Å²) in [7, 11) is 1.11. The normalized spacial score (nSPS) is 10.6. The minimum absolute atomic E-state index is 0.348. The Morgan fingerprint density at radius 3 is 2.69 bits per heavy atom. The molecular weight excluding hydrogens is 226 g/mol. The number of rotatable bonds is 4. The highest BCUT2D eigenvalue weighted by Crippen LogP contribution is 2.33. The van der Waals surface area contributed by atoms with Crippen LogP contribution in [0.4, 0.5) is 14.5 Å². The third-order valence-corrected chi connectivity index (χ3v) is 1.83. The van der Waals surface area contributed by atoms with E-state index in [9.17, 15) is 18.9 Å². The van der Waals surface area contributed by atoms with E-state index in [4.69, 9.17) is 5.11 Å². The molecule has 1 rings (SSSR count). The van der Waals surface area contributed by atoms with Crippen molar-refractivity contribution in [3.05, 3.63) is 27.6 Å². The molecule has 0 atom stereocenters. The van der Waals surface area contributed by atoms with Crippen LogP contribution in [0, 0.1) is 10.1 Å². The highest BCUT2D eigenvalue weighted by atomic mass is 19.3. The molecule has 16 heavy (non-hydrogen) atoms. The SMILES string of the molecule is COc1cc(C(F)F)nc(CO)c1[N+](=O)[O-]. The first-order valence-electron chi connectivity index (χ1n) is 4.12. The molecule has 0 aliphatic carbocycles. The van der Waals surface area contributed by atoms with Gasteiger partial charge in [-0.3, -0.25) is 10.1 Å². The standard InChI is InChI=1S/C8H8F2N2O4/c1-16-6-2-4(8(9)10)11-5(3-13)7(6)12(14)15/h2,8,13H,3H2,1H3. The highest BCUT2D eigenvalue weighted by molar-refractivity contribution is 5.50. The van der Waals surface area contributed by atoms with Crippen molar-refractivity contribution < 1.29 is 23.5 Å². The van der Waals surface area contributed by atoms with Gasteiger partial charge in [0.05, 0.1) is 18.6 Å². The van der Waals surface area contributed by atoms with E-state index in [1.807, 2.05) is 0 Å². The molecule has 0 saturated heterocycles. The van der Waals surface area contributed by atoms with Crippen LogP contribution in [0.3, 0.4) is 0 Å². The van der Waals surface area contributed by atoms with Gasteiger partial charge in [0, 0.05) is 6.07 Å². The average molecular weight is 234 g/mol. The summed E-state index contributed by atoms with van der Waals surface area (Å²) in [5, 5.41) is 19.5. The van der Waals surface area contributed by atoms with Crippen molar-refractivity contribution in [2.45, 2.75) is 13.0 Å². The topological polar surface area (TPSA) is 85.5 Å². The lowest BCUT2D eigenvalue weighted by atomic mass is 10.2. The largest absolute Gasteiger partial charge is 0.490 e. The lowest BCUT2D eigenvalue weighted by molar-refractivity contribution is -0.387. The number of halogens is 2. The van der Waals surface area contributed by atoms with Crippen LogP contribution in [0.15, 0.2) is 6.07 Å². The number of hydrogen-bond acceptors (Lipinski definition) is 5. The zero-order valence-electron chi connectivity index (χ0n) is 8.18. The molecule has 0 aliphatic heterocycles. The summed E-state index contributed by atoms with van der Waals surface area (Å²) in [4.78, 5) is 13.1. The molecule has 1 N–H and O–H groups in total. The van der Waals surface area contributed by atoms with Crippen molar-refractivity contribution in [1.29, 1.82) is 0 Å². The molecule has 6 nitrogen and oxygen atoms in total. The summed E-state index contributed by atoms with van der Waals surface area (Å²) in [6.45, 7) is -0.812. The number of hydrogen-bond donors (Lipinski definition) is 1. The van der Waals surface area contributed by atoms with Crippen LogP contribution in [-0.4, -0.2) is 22.1 Å². The van der Waals surface area contributed by atoms with Gasteiger partial charge in [0.1, 0.15) is 11.4 Å². The second kappa shape index (κ2) is 4.79. The van der Waals surface area contributed by atoms with Crippen molar-refractivity contribution in [1.82, 2.24) is 4.98 Å². The third-order valence-electron chi connectivity index (χ3n) is 1.83. The van der Waals surface area contributed by atoms with Crippen LogP contribution in [0.1, 0.15) is 17.8 Å². The molecular formula is C8H8F2N2O4. The Labute approximate surface area is 88.6 Å². The summed E-state index contributed by atoms with van der Waals surface area (Å²) in [6, 6.07) is 0.780. The Bertz CT molecular complexity index is 386. The van der Waals surface area contributed by atoms with Gasteiger partial charge in [-0.15, -0.1) is 0 Å². The molecule has 0 aromatic carbocycles. The summed E-state index contributed by atoms with van der Waals surface area (Å²) in [5.41, 5.74) is -1.72. The number of aliphatic hydroxyl groups is 1. The second-order valence-electron chi connectivity index (χ2n) is 2.76. The fourth-order valence-corrected chi connectivity index (χ4v) is 1.16. The number of ether oxygens (including phenoxy) is 1. The molecule has 1 aromatic heterocycles. The van der Waals surface area contributed by atoms with Gasteiger partial charge < -0.3 is 9.84 Å². The highest BCUT2D eigenvalue weighted by Gasteiger charge is 2.25. The number of nitrogens with zero attached hydrogens (tertiary/aromatic N) is 2. The van der Waals surface area contributed by atoms with Crippen LogP contribution >= 0.6 is 0 Å². The summed E-state index contributed by atoms with van der Waals surface area (Å²) in [5.74, 6) is -0.348. The van der Waals surface area contributed by atoms with Crippen LogP contribution in [0.2, 0.25) is 0 Å².